The van der Waals surface area contributed by atoms with Gasteiger partial charge in [0.1, 0.15) is 0 Å². The summed E-state index contributed by atoms with van der Waals surface area (Å²) in [5.41, 5.74) is 0. The van der Waals surface area contributed by atoms with E-state index in [-0.39, 0.29) is 35.9 Å². The van der Waals surface area contributed by atoms with Crippen molar-refractivity contribution >= 4 is 35.9 Å². The lowest BCUT2D eigenvalue weighted by molar-refractivity contribution is -0.145. The number of carbonyl (C=O) groups is 1. The first-order valence-electron chi connectivity index (χ1n) is 9.70. The number of esters is 1. The van der Waals surface area contributed by atoms with E-state index in [0.717, 1.165) is 25.0 Å². The number of guanidine groups is 1. The van der Waals surface area contributed by atoms with Gasteiger partial charge in [-0.05, 0) is 37.1 Å². The van der Waals surface area contributed by atoms with Gasteiger partial charge >= 0.3 is 5.97 Å². The maximum atomic E-state index is 11.9. The van der Waals surface area contributed by atoms with Gasteiger partial charge < -0.3 is 19.9 Å². The predicted octanol–water partition coefficient (Wildman–Crippen LogP) is 2.29. The number of methoxy groups -OCH3 is 1. The second-order valence-corrected chi connectivity index (χ2v) is 8.10. The summed E-state index contributed by atoms with van der Waals surface area (Å²) in [7, 11) is 3.29. The predicted molar refractivity (Wildman–Crippen MR) is 117 cm³/mol. The molecule has 152 valence electrons. The zero-order valence-electron chi connectivity index (χ0n) is 17.0. The first kappa shape index (κ1) is 23.5. The number of hydrogen-bond donors (Lipinski definition) is 1. The van der Waals surface area contributed by atoms with E-state index in [0.29, 0.717) is 18.4 Å². The van der Waals surface area contributed by atoms with Crippen molar-refractivity contribution in [2.45, 2.75) is 33.6 Å². The van der Waals surface area contributed by atoms with Gasteiger partial charge in [0.25, 0.3) is 0 Å². The third kappa shape index (κ3) is 6.55. The molecule has 0 aromatic rings. The highest BCUT2D eigenvalue weighted by molar-refractivity contribution is 14.0. The molecule has 2 saturated heterocycles. The number of piperidine rings is 1. The van der Waals surface area contributed by atoms with Crippen LogP contribution < -0.4 is 5.32 Å². The molecule has 0 aromatic heterocycles. The summed E-state index contributed by atoms with van der Waals surface area (Å²) in [6.07, 6.45) is 2.56. The van der Waals surface area contributed by atoms with E-state index >= 15 is 0 Å². The average Bonchev–Trinajstić information content (AvgIpc) is 2.96. The molecule has 0 radical (unpaired) electrons. The van der Waals surface area contributed by atoms with Gasteiger partial charge in [0, 0.05) is 39.8 Å². The number of carbonyl (C=O) groups excluding carboxylic acids is 1. The molecule has 3 unspecified atom stereocenters. The van der Waals surface area contributed by atoms with Gasteiger partial charge in [-0.3, -0.25) is 9.79 Å². The van der Waals surface area contributed by atoms with Crippen molar-refractivity contribution in [3.05, 3.63) is 0 Å². The third-order valence-corrected chi connectivity index (χ3v) is 5.40. The second-order valence-electron chi connectivity index (χ2n) is 8.10. The highest BCUT2D eigenvalue weighted by Gasteiger charge is 2.37. The summed E-state index contributed by atoms with van der Waals surface area (Å²) in [6, 6.07) is 0. The molecule has 2 aliphatic rings. The lowest BCUT2D eigenvalue weighted by atomic mass is 9.97. The molecule has 2 fully saturated rings. The van der Waals surface area contributed by atoms with Gasteiger partial charge in [0.05, 0.1) is 13.0 Å². The fraction of sp³-hybridized carbons (Fsp3) is 0.895. The van der Waals surface area contributed by atoms with Crippen LogP contribution in [0.3, 0.4) is 0 Å². The van der Waals surface area contributed by atoms with Crippen LogP contribution in [0.2, 0.25) is 0 Å². The van der Waals surface area contributed by atoms with Crippen LogP contribution >= 0.6 is 24.0 Å². The maximum absolute atomic E-state index is 11.9. The van der Waals surface area contributed by atoms with E-state index in [4.69, 9.17) is 4.74 Å². The Morgan fingerprint density at radius 2 is 2.04 bits per heavy atom. The van der Waals surface area contributed by atoms with Gasteiger partial charge in [-0.15, -0.1) is 24.0 Å². The summed E-state index contributed by atoms with van der Waals surface area (Å²) in [6.45, 7) is 12.8. The maximum Gasteiger partial charge on any atom is 0.310 e. The Labute approximate surface area is 176 Å². The second kappa shape index (κ2) is 11.3. The van der Waals surface area contributed by atoms with Gasteiger partial charge in [-0.2, -0.15) is 0 Å². The normalized spacial score (nSPS) is 27.4. The summed E-state index contributed by atoms with van der Waals surface area (Å²) >= 11 is 0. The molecule has 2 heterocycles. The highest BCUT2D eigenvalue weighted by Crippen LogP contribution is 2.24. The minimum absolute atomic E-state index is 0. The molecule has 1 N–H and O–H groups in total. The lowest BCUT2D eigenvalue weighted by Gasteiger charge is -2.34. The Hall–Kier alpha value is -0.570. The molecule has 0 amide bonds. The Morgan fingerprint density at radius 3 is 2.65 bits per heavy atom. The van der Waals surface area contributed by atoms with Gasteiger partial charge in [-0.25, -0.2) is 0 Å². The molecular weight excluding hydrogens is 443 g/mol. The number of likely N-dealkylation sites (tertiary alicyclic amines) is 2. The fourth-order valence-electron chi connectivity index (χ4n) is 4.17. The van der Waals surface area contributed by atoms with Crippen molar-refractivity contribution in [1.29, 1.82) is 0 Å². The number of aliphatic imine (C=N–C) groups is 1. The summed E-state index contributed by atoms with van der Waals surface area (Å²) in [4.78, 5) is 21.1. The zero-order chi connectivity index (χ0) is 18.4. The first-order chi connectivity index (χ1) is 11.9. The van der Waals surface area contributed by atoms with E-state index in [1.54, 1.807) is 0 Å². The summed E-state index contributed by atoms with van der Waals surface area (Å²) in [5, 5.41) is 3.55. The van der Waals surface area contributed by atoms with E-state index in [9.17, 15) is 4.79 Å². The molecule has 0 spiro atoms. The summed E-state index contributed by atoms with van der Waals surface area (Å²) < 4.78 is 4.93. The number of ether oxygens (including phenoxy) is 1. The Balaban J connectivity index is 0.00000338. The monoisotopic (exact) mass is 480 g/mol. The zero-order valence-corrected chi connectivity index (χ0v) is 19.4. The Bertz CT molecular complexity index is 472. The number of nitrogens with zero attached hydrogens (tertiary/aromatic N) is 3. The largest absolute Gasteiger partial charge is 0.469 e. The number of nitrogens with one attached hydrogen (secondary N) is 1. The van der Waals surface area contributed by atoms with Crippen LogP contribution in [0, 0.1) is 23.7 Å². The van der Waals surface area contributed by atoms with Crippen LogP contribution in [0.25, 0.3) is 0 Å². The van der Waals surface area contributed by atoms with Crippen LogP contribution in [0.4, 0.5) is 0 Å². The van der Waals surface area contributed by atoms with Crippen LogP contribution in [-0.4, -0.2) is 75.2 Å². The van der Waals surface area contributed by atoms with Gasteiger partial charge in [0.2, 0.25) is 0 Å². The molecule has 26 heavy (non-hydrogen) atoms. The van der Waals surface area contributed by atoms with Crippen molar-refractivity contribution in [2.75, 3.05) is 53.4 Å². The molecule has 0 saturated carbocycles. The van der Waals surface area contributed by atoms with Crippen molar-refractivity contribution in [3.63, 3.8) is 0 Å². The van der Waals surface area contributed by atoms with Crippen molar-refractivity contribution in [1.82, 2.24) is 15.1 Å². The standard InChI is InChI=1S/C19H36N4O2.HI/c1-14(2)10-22-8-6-7-16(12-22)9-21-19(20-4)23-11-15(3)17(13-23)18(24)25-5;/h14-17H,6-13H2,1-5H3,(H,20,21);1H. The van der Waals surface area contributed by atoms with Crippen molar-refractivity contribution in [3.8, 4) is 0 Å². The van der Waals surface area contributed by atoms with Gasteiger partial charge in [0.15, 0.2) is 5.96 Å². The minimum atomic E-state index is -0.109. The molecule has 2 aliphatic heterocycles. The molecule has 0 aromatic carbocycles. The fourth-order valence-corrected chi connectivity index (χ4v) is 4.17. The van der Waals surface area contributed by atoms with E-state index in [2.05, 4.69) is 40.9 Å². The molecular formula is C19H37IN4O2. The average molecular weight is 480 g/mol. The minimum Gasteiger partial charge on any atom is -0.469 e. The lowest BCUT2D eigenvalue weighted by Crippen LogP contribution is -2.46. The molecule has 0 bridgehead atoms. The third-order valence-electron chi connectivity index (χ3n) is 5.40. The van der Waals surface area contributed by atoms with Crippen LogP contribution in [0.5, 0.6) is 0 Å². The molecule has 2 rings (SSSR count). The molecule has 3 atom stereocenters. The van der Waals surface area contributed by atoms with Crippen molar-refractivity contribution < 1.29 is 9.53 Å². The quantitative estimate of drug-likeness (QED) is 0.283. The molecule has 6 nitrogen and oxygen atoms in total. The number of halogens is 1. The first-order valence-corrected chi connectivity index (χ1v) is 9.70. The van der Waals surface area contributed by atoms with E-state index in [1.807, 2.05) is 7.05 Å². The van der Waals surface area contributed by atoms with Crippen molar-refractivity contribution in [2.24, 2.45) is 28.7 Å². The molecule has 0 aliphatic carbocycles. The van der Waals surface area contributed by atoms with E-state index in [1.165, 1.54) is 39.6 Å². The smallest absolute Gasteiger partial charge is 0.310 e. The Kier molecular flexibility index (Phi) is 10.2. The summed E-state index contributed by atoms with van der Waals surface area (Å²) in [5.74, 6) is 2.43. The topological polar surface area (TPSA) is 57.2 Å². The van der Waals surface area contributed by atoms with E-state index < -0.39 is 0 Å². The Morgan fingerprint density at radius 1 is 1.31 bits per heavy atom. The van der Waals surface area contributed by atoms with Crippen LogP contribution in [0.1, 0.15) is 33.6 Å². The SMILES string of the molecule is CN=C(NCC1CCCN(CC(C)C)C1)N1CC(C)C(C(=O)OC)C1.I. The number of rotatable bonds is 5. The highest BCUT2D eigenvalue weighted by atomic mass is 127. The number of hydrogen-bond acceptors (Lipinski definition) is 4. The van der Waals surface area contributed by atoms with Crippen LogP contribution in [-0.2, 0) is 9.53 Å². The van der Waals surface area contributed by atoms with Crippen LogP contribution in [0.15, 0.2) is 4.99 Å². The molecule has 7 heteroatoms. The van der Waals surface area contributed by atoms with Gasteiger partial charge in [-0.1, -0.05) is 20.8 Å².